The molecule has 0 atom stereocenters. The van der Waals surface area contributed by atoms with E-state index in [1.54, 1.807) is 0 Å². The molecule has 7 aromatic rings. The van der Waals surface area contributed by atoms with Crippen LogP contribution in [-0.2, 0) is 0 Å². The highest BCUT2D eigenvalue weighted by molar-refractivity contribution is 6.14. The fourth-order valence-electron chi connectivity index (χ4n) is 4.98. The van der Waals surface area contributed by atoms with Crippen molar-refractivity contribution in [2.75, 3.05) is 0 Å². The van der Waals surface area contributed by atoms with Gasteiger partial charge in [-0.3, -0.25) is 0 Å². The van der Waals surface area contributed by atoms with Gasteiger partial charge in [-0.05, 0) is 47.7 Å². The zero-order chi connectivity index (χ0) is 22.6. The Labute approximate surface area is 196 Å². The molecule has 7 rings (SSSR count). The highest BCUT2D eigenvalue weighted by atomic mass is 16.3. The minimum Gasteiger partial charge on any atom is -0.455 e. The summed E-state index contributed by atoms with van der Waals surface area (Å²) in [5.41, 5.74) is 7.02. The van der Waals surface area contributed by atoms with Crippen LogP contribution in [0, 0.1) is 6.92 Å². The predicted molar refractivity (Wildman–Crippen MR) is 140 cm³/mol. The van der Waals surface area contributed by atoms with Gasteiger partial charge in [-0.15, -0.1) is 0 Å². The zero-order valence-electron chi connectivity index (χ0n) is 18.6. The summed E-state index contributed by atoms with van der Waals surface area (Å²) in [6.45, 7) is 1.96. The van der Waals surface area contributed by atoms with Gasteiger partial charge in [0.1, 0.15) is 17.0 Å². The molecule has 0 aliphatic rings. The number of aryl methyl sites for hydroxylation is 1. The Morgan fingerprint density at radius 2 is 1.38 bits per heavy atom. The summed E-state index contributed by atoms with van der Waals surface area (Å²) in [5.74, 6) is 0.746. The summed E-state index contributed by atoms with van der Waals surface area (Å²) < 4.78 is 6.32. The number of furan rings is 1. The second-order valence-electron chi connectivity index (χ2n) is 8.66. The van der Waals surface area contributed by atoms with Crippen LogP contribution in [0.25, 0.3) is 66.0 Å². The van der Waals surface area contributed by atoms with Gasteiger partial charge >= 0.3 is 0 Å². The molecule has 5 aromatic carbocycles. The van der Waals surface area contributed by atoms with Crippen molar-refractivity contribution < 1.29 is 4.42 Å². The van der Waals surface area contributed by atoms with Gasteiger partial charge in [0.25, 0.3) is 0 Å². The van der Waals surface area contributed by atoms with E-state index in [0.717, 1.165) is 55.3 Å². The Morgan fingerprint density at radius 3 is 2.29 bits per heavy atom. The molecule has 34 heavy (non-hydrogen) atoms. The smallest absolute Gasteiger partial charge is 0.144 e. The number of benzene rings is 5. The number of hydrogen-bond acceptors (Lipinski definition) is 3. The summed E-state index contributed by atoms with van der Waals surface area (Å²) in [4.78, 5) is 9.77. The molecule has 0 N–H and O–H groups in total. The predicted octanol–water partition coefficient (Wildman–Crippen LogP) is 8.32. The van der Waals surface area contributed by atoms with Gasteiger partial charge in [-0.1, -0.05) is 78.9 Å². The van der Waals surface area contributed by atoms with E-state index < -0.39 is 0 Å². The van der Waals surface area contributed by atoms with Crippen LogP contribution in [0.4, 0.5) is 0 Å². The van der Waals surface area contributed by atoms with Gasteiger partial charge < -0.3 is 4.42 Å². The first-order valence-corrected chi connectivity index (χ1v) is 11.4. The van der Waals surface area contributed by atoms with E-state index in [1.165, 1.54) is 16.5 Å². The topological polar surface area (TPSA) is 38.9 Å². The molecule has 0 fully saturated rings. The fraction of sp³-hybridized carbons (Fsp3) is 0.0323. The van der Waals surface area contributed by atoms with Crippen molar-refractivity contribution in [1.29, 1.82) is 0 Å². The molecule has 0 saturated carbocycles. The van der Waals surface area contributed by atoms with Gasteiger partial charge in [-0.25, -0.2) is 9.97 Å². The van der Waals surface area contributed by atoms with Gasteiger partial charge in [0.2, 0.25) is 0 Å². The van der Waals surface area contributed by atoms with E-state index in [2.05, 4.69) is 78.9 Å². The first kappa shape index (κ1) is 19.0. The highest BCUT2D eigenvalue weighted by Crippen LogP contribution is 2.38. The van der Waals surface area contributed by atoms with E-state index in [-0.39, 0.29) is 0 Å². The van der Waals surface area contributed by atoms with Crippen LogP contribution in [0.2, 0.25) is 0 Å². The minimum absolute atomic E-state index is 0.746. The average Bonchev–Trinajstić information content (AvgIpc) is 3.27. The lowest BCUT2D eigenvalue weighted by molar-refractivity contribution is 0.670. The molecular weight excluding hydrogens is 416 g/mol. The number of rotatable bonds is 2. The van der Waals surface area contributed by atoms with Crippen molar-refractivity contribution >= 4 is 43.6 Å². The third-order valence-electron chi connectivity index (χ3n) is 6.56. The normalized spacial score (nSPS) is 11.7. The Kier molecular flexibility index (Phi) is 4.06. The monoisotopic (exact) mass is 436 g/mol. The number of aromatic nitrogens is 2. The Hall–Kier alpha value is -4.50. The van der Waals surface area contributed by atoms with Crippen LogP contribution < -0.4 is 0 Å². The second-order valence-corrected chi connectivity index (χ2v) is 8.66. The lowest BCUT2D eigenvalue weighted by Gasteiger charge is -2.11. The molecule has 0 unspecified atom stereocenters. The van der Waals surface area contributed by atoms with Gasteiger partial charge in [0.15, 0.2) is 0 Å². The zero-order valence-corrected chi connectivity index (χ0v) is 18.6. The van der Waals surface area contributed by atoms with Crippen LogP contribution >= 0.6 is 0 Å². The fourth-order valence-corrected chi connectivity index (χ4v) is 4.98. The van der Waals surface area contributed by atoms with Gasteiger partial charge in [0.05, 0.1) is 11.2 Å². The molecule has 0 radical (unpaired) electrons. The quantitative estimate of drug-likeness (QED) is 0.256. The van der Waals surface area contributed by atoms with E-state index in [0.29, 0.717) is 0 Å². The maximum atomic E-state index is 6.32. The van der Waals surface area contributed by atoms with Crippen molar-refractivity contribution in [3.63, 3.8) is 0 Å². The first-order chi connectivity index (χ1) is 16.8. The van der Waals surface area contributed by atoms with Crippen LogP contribution in [-0.4, -0.2) is 9.97 Å². The van der Waals surface area contributed by atoms with Crippen LogP contribution in [0.5, 0.6) is 0 Å². The Balaban J connectivity index is 1.50. The molecule has 3 heteroatoms. The molecule has 2 heterocycles. The van der Waals surface area contributed by atoms with Crippen molar-refractivity contribution in [3.05, 3.63) is 109 Å². The molecule has 2 aromatic heterocycles. The van der Waals surface area contributed by atoms with Crippen LogP contribution in [0.1, 0.15) is 5.82 Å². The number of para-hydroxylation sites is 2. The van der Waals surface area contributed by atoms with Gasteiger partial charge in [-0.2, -0.15) is 0 Å². The van der Waals surface area contributed by atoms with Crippen molar-refractivity contribution in [2.24, 2.45) is 0 Å². The molecule has 0 spiro atoms. The van der Waals surface area contributed by atoms with Crippen LogP contribution in [0.3, 0.4) is 0 Å². The lowest BCUT2D eigenvalue weighted by Crippen LogP contribution is -1.95. The van der Waals surface area contributed by atoms with E-state index in [4.69, 9.17) is 14.4 Å². The SMILES string of the molecule is Cc1nc(-c2cccc3c2oc2ccccc23)c2ccc3cc(-c4ccccc4)ccc3c2n1. The standard InChI is InChI=1S/C31H20N2O/c1-19-32-29-23-16-14-21(20-8-3-2-4-9-20)18-22(23)15-17-26(29)30(33-19)27-12-7-11-25-24-10-5-6-13-28(24)34-31(25)27/h2-18H,1H3. The number of fused-ring (bicyclic) bond motifs is 6. The first-order valence-electron chi connectivity index (χ1n) is 11.4. The number of nitrogens with zero attached hydrogens (tertiary/aromatic N) is 2. The molecule has 160 valence electrons. The lowest BCUT2D eigenvalue weighted by atomic mass is 9.97. The Bertz CT molecular complexity index is 1870. The molecule has 0 aliphatic heterocycles. The average molecular weight is 437 g/mol. The molecule has 0 saturated heterocycles. The molecule has 0 bridgehead atoms. The van der Waals surface area contributed by atoms with Crippen molar-refractivity contribution in [2.45, 2.75) is 6.92 Å². The molecule has 0 amide bonds. The third-order valence-corrected chi connectivity index (χ3v) is 6.56. The van der Waals surface area contributed by atoms with E-state index >= 15 is 0 Å². The minimum atomic E-state index is 0.746. The molecule has 3 nitrogen and oxygen atoms in total. The summed E-state index contributed by atoms with van der Waals surface area (Å²) >= 11 is 0. The highest BCUT2D eigenvalue weighted by Gasteiger charge is 2.17. The second kappa shape index (κ2) is 7.26. The molecular formula is C31H20N2O. The largest absolute Gasteiger partial charge is 0.455 e. The van der Waals surface area contributed by atoms with E-state index in [1.807, 2.05) is 31.2 Å². The third kappa shape index (κ3) is 2.84. The van der Waals surface area contributed by atoms with Crippen molar-refractivity contribution in [3.8, 4) is 22.4 Å². The summed E-state index contributed by atoms with van der Waals surface area (Å²) in [6, 6.07) is 35.8. The summed E-state index contributed by atoms with van der Waals surface area (Å²) in [6.07, 6.45) is 0. The molecule has 0 aliphatic carbocycles. The summed E-state index contributed by atoms with van der Waals surface area (Å²) in [7, 11) is 0. The maximum Gasteiger partial charge on any atom is 0.144 e. The van der Waals surface area contributed by atoms with Crippen molar-refractivity contribution in [1.82, 2.24) is 9.97 Å². The Morgan fingerprint density at radius 1 is 0.588 bits per heavy atom. The van der Waals surface area contributed by atoms with Gasteiger partial charge in [0, 0.05) is 27.1 Å². The maximum absolute atomic E-state index is 6.32. The number of hydrogen-bond donors (Lipinski definition) is 0. The van der Waals surface area contributed by atoms with Crippen LogP contribution in [0.15, 0.2) is 108 Å². The summed E-state index contributed by atoms with van der Waals surface area (Å²) in [5, 5.41) is 5.54. The van der Waals surface area contributed by atoms with E-state index in [9.17, 15) is 0 Å².